The molecule has 2 N–H and O–H groups in total. The summed E-state index contributed by atoms with van der Waals surface area (Å²) in [7, 11) is 3.12. The van der Waals surface area contributed by atoms with Crippen LogP contribution in [0.1, 0.15) is 16.1 Å². The Balaban J connectivity index is 1.52. The number of hydrogen-bond donors (Lipinski definition) is 2. The number of nitrogens with one attached hydrogen (secondary N) is 2. The zero-order valence-electron chi connectivity index (χ0n) is 16.9. The summed E-state index contributed by atoms with van der Waals surface area (Å²) in [4.78, 5) is 20.0. The van der Waals surface area contributed by atoms with Crippen LogP contribution < -0.4 is 19.5 Å². The average molecular weight is 421 g/mol. The predicted octanol–water partition coefficient (Wildman–Crippen LogP) is 4.44. The summed E-state index contributed by atoms with van der Waals surface area (Å²) in [5.41, 5.74) is 1.72. The molecule has 0 aliphatic rings. The maximum absolute atomic E-state index is 13.4. The lowest BCUT2D eigenvalue weighted by molar-refractivity contribution is 0.0946. The zero-order chi connectivity index (χ0) is 21.8. The SMILES string of the molecule is COc1cc(OC)c2[nH]c(C(=O)NCc3cccnc3Oc3cccc(F)c3)cc2c1. The molecule has 0 fully saturated rings. The highest BCUT2D eigenvalue weighted by Crippen LogP contribution is 2.31. The summed E-state index contributed by atoms with van der Waals surface area (Å²) in [6, 6.07) is 14.6. The van der Waals surface area contributed by atoms with Gasteiger partial charge in [-0.15, -0.1) is 0 Å². The smallest absolute Gasteiger partial charge is 0.268 e. The van der Waals surface area contributed by atoms with Crippen molar-refractivity contribution in [2.75, 3.05) is 14.2 Å². The molecule has 0 aliphatic heterocycles. The van der Waals surface area contributed by atoms with E-state index < -0.39 is 5.82 Å². The number of rotatable bonds is 7. The van der Waals surface area contributed by atoms with Crippen LogP contribution in [-0.2, 0) is 6.54 Å². The number of nitrogens with zero attached hydrogens (tertiary/aromatic N) is 1. The Morgan fingerprint density at radius 3 is 2.71 bits per heavy atom. The third kappa shape index (κ3) is 4.42. The number of carbonyl (C=O) groups is 1. The van der Waals surface area contributed by atoms with Crippen LogP contribution >= 0.6 is 0 Å². The molecule has 4 aromatic rings. The number of ether oxygens (including phenoxy) is 3. The van der Waals surface area contributed by atoms with Crippen molar-refractivity contribution >= 4 is 16.8 Å². The average Bonchev–Trinajstić information content (AvgIpc) is 3.22. The van der Waals surface area contributed by atoms with Crippen LogP contribution in [0.15, 0.2) is 60.8 Å². The highest BCUT2D eigenvalue weighted by Gasteiger charge is 2.15. The number of amides is 1. The molecule has 2 heterocycles. The van der Waals surface area contributed by atoms with Crippen LogP contribution in [0.25, 0.3) is 10.9 Å². The number of methoxy groups -OCH3 is 2. The number of pyridine rings is 1. The van der Waals surface area contributed by atoms with Crippen molar-refractivity contribution in [2.45, 2.75) is 6.54 Å². The van der Waals surface area contributed by atoms with Gasteiger partial charge in [-0.05, 0) is 30.3 Å². The number of benzene rings is 2. The second-order valence-electron chi connectivity index (χ2n) is 6.69. The maximum atomic E-state index is 13.4. The Labute approximate surface area is 177 Å². The van der Waals surface area contributed by atoms with E-state index in [1.807, 2.05) is 6.07 Å². The third-order valence-electron chi connectivity index (χ3n) is 4.67. The first kappa shape index (κ1) is 20.2. The van der Waals surface area contributed by atoms with E-state index in [2.05, 4.69) is 15.3 Å². The summed E-state index contributed by atoms with van der Waals surface area (Å²) in [6.45, 7) is 0.174. The second kappa shape index (κ2) is 8.74. The number of hydrogen-bond acceptors (Lipinski definition) is 5. The van der Waals surface area contributed by atoms with Crippen LogP contribution in [-0.4, -0.2) is 30.1 Å². The first-order chi connectivity index (χ1) is 15.1. The zero-order valence-corrected chi connectivity index (χ0v) is 16.9. The van der Waals surface area contributed by atoms with E-state index in [-0.39, 0.29) is 18.3 Å². The third-order valence-corrected chi connectivity index (χ3v) is 4.67. The van der Waals surface area contributed by atoms with Crippen molar-refractivity contribution in [1.29, 1.82) is 0 Å². The summed E-state index contributed by atoms with van der Waals surface area (Å²) >= 11 is 0. The summed E-state index contributed by atoms with van der Waals surface area (Å²) in [6.07, 6.45) is 1.57. The van der Waals surface area contributed by atoms with Gasteiger partial charge in [0.15, 0.2) is 0 Å². The highest BCUT2D eigenvalue weighted by molar-refractivity contribution is 5.99. The van der Waals surface area contributed by atoms with E-state index in [1.54, 1.807) is 56.8 Å². The molecular weight excluding hydrogens is 401 g/mol. The monoisotopic (exact) mass is 421 g/mol. The van der Waals surface area contributed by atoms with Crippen LogP contribution in [0.2, 0.25) is 0 Å². The maximum Gasteiger partial charge on any atom is 0.268 e. The van der Waals surface area contributed by atoms with Gasteiger partial charge in [-0.1, -0.05) is 12.1 Å². The van der Waals surface area contributed by atoms with E-state index in [9.17, 15) is 9.18 Å². The molecule has 0 saturated carbocycles. The van der Waals surface area contributed by atoms with Gasteiger partial charge in [-0.2, -0.15) is 0 Å². The molecule has 0 bridgehead atoms. The molecule has 1 amide bonds. The first-order valence-electron chi connectivity index (χ1n) is 9.47. The van der Waals surface area contributed by atoms with Gasteiger partial charge in [-0.3, -0.25) is 4.79 Å². The molecule has 0 atom stereocenters. The number of halogens is 1. The van der Waals surface area contributed by atoms with Crippen molar-refractivity contribution in [3.63, 3.8) is 0 Å². The number of carbonyl (C=O) groups excluding carboxylic acids is 1. The Kier molecular flexibility index (Phi) is 5.70. The van der Waals surface area contributed by atoms with Gasteiger partial charge >= 0.3 is 0 Å². The van der Waals surface area contributed by atoms with Crippen molar-refractivity contribution in [3.8, 4) is 23.1 Å². The minimum Gasteiger partial charge on any atom is -0.497 e. The summed E-state index contributed by atoms with van der Waals surface area (Å²) < 4.78 is 29.8. The molecule has 158 valence electrons. The van der Waals surface area contributed by atoms with Crippen LogP contribution in [0.5, 0.6) is 23.1 Å². The highest BCUT2D eigenvalue weighted by atomic mass is 19.1. The van der Waals surface area contributed by atoms with Crippen molar-refractivity contribution in [3.05, 3.63) is 77.9 Å². The van der Waals surface area contributed by atoms with Gasteiger partial charge < -0.3 is 24.5 Å². The van der Waals surface area contributed by atoms with Crippen molar-refractivity contribution in [1.82, 2.24) is 15.3 Å². The van der Waals surface area contributed by atoms with Crippen molar-refractivity contribution in [2.24, 2.45) is 0 Å². The van der Waals surface area contributed by atoms with Crippen LogP contribution in [0.4, 0.5) is 4.39 Å². The van der Waals surface area contributed by atoms with E-state index in [0.29, 0.717) is 34.0 Å². The Morgan fingerprint density at radius 1 is 1.06 bits per heavy atom. The number of aromatic nitrogens is 2. The molecule has 0 saturated heterocycles. The van der Waals surface area contributed by atoms with Crippen LogP contribution in [0, 0.1) is 5.82 Å². The molecule has 0 spiro atoms. The molecule has 2 aromatic heterocycles. The number of aromatic amines is 1. The Morgan fingerprint density at radius 2 is 1.94 bits per heavy atom. The van der Waals surface area contributed by atoms with E-state index in [4.69, 9.17) is 14.2 Å². The number of H-pyrrole nitrogens is 1. The van der Waals surface area contributed by atoms with E-state index in [1.165, 1.54) is 12.1 Å². The second-order valence-corrected chi connectivity index (χ2v) is 6.69. The molecule has 2 aromatic carbocycles. The van der Waals surface area contributed by atoms with E-state index in [0.717, 1.165) is 5.39 Å². The quantitative estimate of drug-likeness (QED) is 0.461. The Bertz CT molecular complexity index is 1240. The number of fused-ring (bicyclic) bond motifs is 1. The molecule has 7 nitrogen and oxygen atoms in total. The standard InChI is InChI=1S/C23H20FN3O4/c1-29-18-9-15-10-19(27-21(15)20(12-18)30-2)22(28)26-13-14-5-4-8-25-23(14)31-17-7-3-6-16(24)11-17/h3-12,27H,13H2,1-2H3,(H,26,28). The molecule has 0 radical (unpaired) electrons. The fourth-order valence-electron chi connectivity index (χ4n) is 3.15. The van der Waals surface area contributed by atoms with Crippen LogP contribution in [0.3, 0.4) is 0 Å². The predicted molar refractivity (Wildman–Crippen MR) is 113 cm³/mol. The Hall–Kier alpha value is -4.07. The molecule has 0 aliphatic carbocycles. The minimum absolute atomic E-state index is 0.174. The largest absolute Gasteiger partial charge is 0.497 e. The van der Waals surface area contributed by atoms with Gasteiger partial charge in [0, 0.05) is 35.8 Å². The van der Waals surface area contributed by atoms with Gasteiger partial charge in [0.1, 0.15) is 28.8 Å². The van der Waals surface area contributed by atoms with Gasteiger partial charge in [0.2, 0.25) is 5.88 Å². The van der Waals surface area contributed by atoms with Gasteiger partial charge in [0.05, 0.1) is 19.7 Å². The van der Waals surface area contributed by atoms with Gasteiger partial charge in [0.25, 0.3) is 5.91 Å². The molecule has 4 rings (SSSR count). The fraction of sp³-hybridized carbons (Fsp3) is 0.130. The molecule has 31 heavy (non-hydrogen) atoms. The lowest BCUT2D eigenvalue weighted by atomic mass is 10.2. The topological polar surface area (TPSA) is 85.5 Å². The lowest BCUT2D eigenvalue weighted by Gasteiger charge is -2.10. The molecule has 0 unspecified atom stereocenters. The van der Waals surface area contributed by atoms with Gasteiger partial charge in [-0.25, -0.2) is 9.37 Å². The first-order valence-corrected chi connectivity index (χ1v) is 9.47. The normalized spacial score (nSPS) is 10.7. The minimum atomic E-state index is -0.408. The van der Waals surface area contributed by atoms with E-state index >= 15 is 0 Å². The summed E-state index contributed by atoms with van der Waals surface area (Å²) in [5, 5.41) is 3.63. The molecule has 8 heteroatoms. The summed E-state index contributed by atoms with van der Waals surface area (Å²) in [5.74, 6) is 1.10. The molecular formula is C23H20FN3O4. The van der Waals surface area contributed by atoms with Crippen molar-refractivity contribution < 1.29 is 23.4 Å². The lowest BCUT2D eigenvalue weighted by Crippen LogP contribution is -2.23. The fourth-order valence-corrected chi connectivity index (χ4v) is 3.15.